The number of hydrogen-bond donors (Lipinski definition) is 0. The second kappa shape index (κ2) is 5.98. The van der Waals surface area contributed by atoms with Gasteiger partial charge in [-0.05, 0) is 51.7 Å². The molecule has 0 saturated heterocycles. The van der Waals surface area contributed by atoms with Crippen molar-refractivity contribution in [3.8, 4) is 0 Å². The minimum atomic E-state index is 0.224. The molecule has 0 unspecified atom stereocenters. The van der Waals surface area contributed by atoms with Crippen LogP contribution in [0.3, 0.4) is 0 Å². The minimum Gasteiger partial charge on any atom is -0.294 e. The molecule has 98 valence electrons. The van der Waals surface area contributed by atoms with Gasteiger partial charge in [0.25, 0.3) is 0 Å². The van der Waals surface area contributed by atoms with Crippen LogP contribution in [0.25, 0.3) is 0 Å². The quantitative estimate of drug-likeness (QED) is 0.765. The molecule has 0 aliphatic heterocycles. The normalized spacial score (nSPS) is 15.8. The van der Waals surface area contributed by atoms with Crippen molar-refractivity contribution in [3.63, 3.8) is 0 Å². The number of aryl methyl sites for hydroxylation is 2. The van der Waals surface area contributed by atoms with Crippen LogP contribution < -0.4 is 0 Å². The van der Waals surface area contributed by atoms with Crippen LogP contribution in [0.5, 0.6) is 0 Å². The van der Waals surface area contributed by atoms with E-state index in [0.29, 0.717) is 6.42 Å². The SMILES string of the molecule is CCn1nc(C)cc1CC(=O)C=C1CCCCC1. The van der Waals surface area contributed by atoms with Crippen molar-refractivity contribution in [2.45, 2.75) is 58.9 Å². The summed E-state index contributed by atoms with van der Waals surface area (Å²) in [5, 5.41) is 4.37. The van der Waals surface area contributed by atoms with Crippen LogP contribution in [0, 0.1) is 6.92 Å². The zero-order valence-electron chi connectivity index (χ0n) is 11.4. The van der Waals surface area contributed by atoms with E-state index < -0.39 is 0 Å². The molecule has 0 amide bonds. The lowest BCUT2D eigenvalue weighted by atomic mass is 9.93. The van der Waals surface area contributed by atoms with Crippen LogP contribution in [0.1, 0.15) is 50.4 Å². The number of ketones is 1. The maximum absolute atomic E-state index is 12.0. The molecule has 2 rings (SSSR count). The van der Waals surface area contributed by atoms with E-state index in [0.717, 1.165) is 30.8 Å². The zero-order chi connectivity index (χ0) is 13.0. The summed E-state index contributed by atoms with van der Waals surface area (Å²) in [6.07, 6.45) is 8.37. The van der Waals surface area contributed by atoms with E-state index in [-0.39, 0.29) is 5.78 Å². The summed E-state index contributed by atoms with van der Waals surface area (Å²) in [7, 11) is 0. The molecule has 1 aromatic rings. The largest absolute Gasteiger partial charge is 0.294 e. The van der Waals surface area contributed by atoms with E-state index in [2.05, 4.69) is 12.0 Å². The standard InChI is InChI=1S/C15H22N2O/c1-3-17-14(9-12(2)16-17)11-15(18)10-13-7-5-4-6-8-13/h9-10H,3-8,11H2,1-2H3. The number of nitrogens with zero attached hydrogens (tertiary/aromatic N) is 2. The van der Waals surface area contributed by atoms with Crippen molar-refractivity contribution in [1.29, 1.82) is 0 Å². The molecule has 1 aliphatic carbocycles. The summed E-state index contributed by atoms with van der Waals surface area (Å²) in [4.78, 5) is 12.0. The first kappa shape index (κ1) is 13.1. The van der Waals surface area contributed by atoms with Gasteiger partial charge in [-0.3, -0.25) is 9.48 Å². The van der Waals surface area contributed by atoms with E-state index in [9.17, 15) is 4.79 Å². The van der Waals surface area contributed by atoms with Crippen LogP contribution in [0.4, 0.5) is 0 Å². The number of rotatable bonds is 4. The van der Waals surface area contributed by atoms with Crippen LogP contribution in [-0.2, 0) is 17.8 Å². The molecule has 0 radical (unpaired) electrons. The summed E-state index contributed by atoms with van der Waals surface area (Å²) < 4.78 is 1.92. The molecule has 0 aromatic carbocycles. The number of carbonyl (C=O) groups is 1. The van der Waals surface area contributed by atoms with Crippen LogP contribution in [-0.4, -0.2) is 15.6 Å². The molecule has 0 bridgehead atoms. The second-order valence-electron chi connectivity index (χ2n) is 5.10. The lowest BCUT2D eigenvalue weighted by Gasteiger charge is -2.12. The third-order valence-electron chi connectivity index (χ3n) is 3.50. The van der Waals surface area contributed by atoms with Gasteiger partial charge in [-0.1, -0.05) is 12.0 Å². The summed E-state index contributed by atoms with van der Waals surface area (Å²) in [6, 6.07) is 2.01. The van der Waals surface area contributed by atoms with Crippen LogP contribution >= 0.6 is 0 Å². The van der Waals surface area contributed by atoms with Crippen molar-refractivity contribution < 1.29 is 4.79 Å². The van der Waals surface area contributed by atoms with Gasteiger partial charge in [-0.15, -0.1) is 0 Å². The highest BCUT2D eigenvalue weighted by molar-refractivity contribution is 5.91. The van der Waals surface area contributed by atoms with E-state index >= 15 is 0 Å². The summed E-state index contributed by atoms with van der Waals surface area (Å²) in [5.74, 6) is 0.224. The van der Waals surface area contributed by atoms with Gasteiger partial charge < -0.3 is 0 Å². The highest BCUT2D eigenvalue weighted by Gasteiger charge is 2.11. The highest BCUT2D eigenvalue weighted by atomic mass is 16.1. The Morgan fingerprint density at radius 3 is 2.78 bits per heavy atom. The molecule has 1 fully saturated rings. The molecule has 1 aromatic heterocycles. The van der Waals surface area contributed by atoms with Crippen molar-refractivity contribution >= 4 is 5.78 Å². The Kier molecular flexibility index (Phi) is 4.34. The topological polar surface area (TPSA) is 34.9 Å². The van der Waals surface area contributed by atoms with Crippen LogP contribution in [0.2, 0.25) is 0 Å². The fraction of sp³-hybridized carbons (Fsp3) is 0.600. The number of aromatic nitrogens is 2. The van der Waals surface area contributed by atoms with Gasteiger partial charge in [0.05, 0.1) is 12.1 Å². The van der Waals surface area contributed by atoms with Crippen LogP contribution in [0.15, 0.2) is 17.7 Å². The van der Waals surface area contributed by atoms with Crippen molar-refractivity contribution in [3.05, 3.63) is 29.1 Å². The first-order valence-corrected chi connectivity index (χ1v) is 6.94. The van der Waals surface area contributed by atoms with Crippen molar-refractivity contribution in [2.24, 2.45) is 0 Å². The number of allylic oxidation sites excluding steroid dienone is 2. The second-order valence-corrected chi connectivity index (χ2v) is 5.10. The average molecular weight is 246 g/mol. The third kappa shape index (κ3) is 3.31. The van der Waals surface area contributed by atoms with E-state index in [4.69, 9.17) is 0 Å². The molecule has 3 nitrogen and oxygen atoms in total. The lowest BCUT2D eigenvalue weighted by molar-refractivity contribution is -0.114. The maximum Gasteiger partial charge on any atom is 0.161 e. The molecule has 1 heterocycles. The Morgan fingerprint density at radius 2 is 2.11 bits per heavy atom. The van der Waals surface area contributed by atoms with Gasteiger partial charge >= 0.3 is 0 Å². The summed E-state index contributed by atoms with van der Waals surface area (Å²) >= 11 is 0. The molecule has 0 atom stereocenters. The molecule has 1 aliphatic rings. The average Bonchev–Trinajstić information content (AvgIpc) is 2.70. The van der Waals surface area contributed by atoms with Gasteiger partial charge in [0.1, 0.15) is 0 Å². The van der Waals surface area contributed by atoms with E-state index in [1.807, 2.05) is 23.7 Å². The van der Waals surface area contributed by atoms with Gasteiger partial charge in [-0.25, -0.2) is 0 Å². The monoisotopic (exact) mass is 246 g/mol. The molecule has 1 saturated carbocycles. The fourth-order valence-corrected chi connectivity index (χ4v) is 2.62. The minimum absolute atomic E-state index is 0.224. The Morgan fingerprint density at radius 1 is 1.39 bits per heavy atom. The van der Waals surface area contributed by atoms with Crippen molar-refractivity contribution in [2.75, 3.05) is 0 Å². The zero-order valence-corrected chi connectivity index (χ0v) is 11.4. The number of carbonyl (C=O) groups excluding carboxylic acids is 1. The van der Waals surface area contributed by atoms with E-state index in [1.165, 1.54) is 24.8 Å². The smallest absolute Gasteiger partial charge is 0.161 e. The first-order valence-electron chi connectivity index (χ1n) is 6.94. The van der Waals surface area contributed by atoms with Gasteiger partial charge in [0.15, 0.2) is 5.78 Å². The predicted molar refractivity (Wildman–Crippen MR) is 72.5 cm³/mol. The maximum atomic E-state index is 12.0. The third-order valence-corrected chi connectivity index (χ3v) is 3.50. The lowest BCUT2D eigenvalue weighted by Crippen LogP contribution is -2.08. The molecular formula is C15H22N2O. The van der Waals surface area contributed by atoms with Gasteiger partial charge in [-0.2, -0.15) is 5.10 Å². The summed E-state index contributed by atoms with van der Waals surface area (Å²) in [6.45, 7) is 4.85. The Labute approximate surface area is 109 Å². The Balaban J connectivity index is 2.02. The molecule has 3 heteroatoms. The molecule has 0 spiro atoms. The number of hydrogen-bond acceptors (Lipinski definition) is 2. The Hall–Kier alpha value is -1.38. The summed E-state index contributed by atoms with van der Waals surface area (Å²) in [5.41, 5.74) is 3.36. The van der Waals surface area contributed by atoms with Gasteiger partial charge in [0.2, 0.25) is 0 Å². The fourth-order valence-electron chi connectivity index (χ4n) is 2.62. The highest BCUT2D eigenvalue weighted by Crippen LogP contribution is 2.22. The Bertz CT molecular complexity index is 449. The molecule has 18 heavy (non-hydrogen) atoms. The molecular weight excluding hydrogens is 224 g/mol. The first-order chi connectivity index (χ1) is 8.69. The predicted octanol–water partition coefficient (Wildman–Crippen LogP) is 3.21. The van der Waals surface area contributed by atoms with Crippen molar-refractivity contribution in [1.82, 2.24) is 9.78 Å². The van der Waals surface area contributed by atoms with Gasteiger partial charge in [0, 0.05) is 12.2 Å². The molecule has 0 N–H and O–H groups in total. The van der Waals surface area contributed by atoms with E-state index in [1.54, 1.807) is 0 Å².